The number of hydrogen-bond donors (Lipinski definition) is 1. The molecule has 0 radical (unpaired) electrons. The summed E-state index contributed by atoms with van der Waals surface area (Å²) in [6, 6.07) is 0. The standard InChI is InChI=1S/C9H14ClN3/c10-9-11-8(12-13-9)6-7-4-2-1-3-5-7/h7H,1-6H2,(H,11,12,13). The Morgan fingerprint density at radius 3 is 2.69 bits per heavy atom. The Morgan fingerprint density at radius 1 is 1.31 bits per heavy atom. The number of nitrogens with zero attached hydrogens (tertiary/aromatic N) is 2. The van der Waals surface area contributed by atoms with Crippen LogP contribution in [0.3, 0.4) is 0 Å². The highest BCUT2D eigenvalue weighted by atomic mass is 35.5. The molecule has 3 nitrogen and oxygen atoms in total. The Labute approximate surface area is 82.9 Å². The molecular weight excluding hydrogens is 186 g/mol. The molecule has 0 saturated heterocycles. The molecule has 0 unspecified atom stereocenters. The number of aromatic nitrogens is 3. The van der Waals surface area contributed by atoms with Crippen LogP contribution in [-0.2, 0) is 6.42 Å². The largest absolute Gasteiger partial charge is 0.262 e. The SMILES string of the molecule is Clc1n[nH]c(CC2CCCCC2)n1. The van der Waals surface area contributed by atoms with Crippen LogP contribution in [0.5, 0.6) is 0 Å². The van der Waals surface area contributed by atoms with Crippen LogP contribution in [0, 0.1) is 5.92 Å². The highest BCUT2D eigenvalue weighted by Crippen LogP contribution is 2.25. The van der Waals surface area contributed by atoms with Gasteiger partial charge in [0.2, 0.25) is 5.28 Å². The average molecular weight is 200 g/mol. The summed E-state index contributed by atoms with van der Waals surface area (Å²) in [6.45, 7) is 0. The van der Waals surface area contributed by atoms with Crippen molar-refractivity contribution >= 4 is 11.6 Å². The van der Waals surface area contributed by atoms with Crippen molar-refractivity contribution in [3.8, 4) is 0 Å². The van der Waals surface area contributed by atoms with Crippen molar-refractivity contribution in [3.05, 3.63) is 11.1 Å². The maximum absolute atomic E-state index is 5.62. The van der Waals surface area contributed by atoms with Gasteiger partial charge in [-0.3, -0.25) is 5.10 Å². The first-order valence-electron chi connectivity index (χ1n) is 4.91. The van der Waals surface area contributed by atoms with E-state index < -0.39 is 0 Å². The molecule has 72 valence electrons. The fourth-order valence-electron chi connectivity index (χ4n) is 2.03. The third-order valence-corrected chi connectivity index (χ3v) is 2.88. The smallest absolute Gasteiger partial charge is 0.242 e. The second-order valence-corrected chi connectivity index (χ2v) is 4.10. The molecule has 1 N–H and O–H groups in total. The van der Waals surface area contributed by atoms with Gasteiger partial charge >= 0.3 is 0 Å². The zero-order chi connectivity index (χ0) is 9.10. The zero-order valence-electron chi connectivity index (χ0n) is 7.59. The lowest BCUT2D eigenvalue weighted by Crippen LogP contribution is -2.10. The van der Waals surface area contributed by atoms with E-state index >= 15 is 0 Å². The molecule has 0 aliphatic heterocycles. The highest BCUT2D eigenvalue weighted by molar-refractivity contribution is 6.28. The first kappa shape index (κ1) is 9.00. The second-order valence-electron chi connectivity index (χ2n) is 3.76. The maximum Gasteiger partial charge on any atom is 0.242 e. The van der Waals surface area contributed by atoms with Gasteiger partial charge < -0.3 is 0 Å². The second kappa shape index (κ2) is 4.09. The van der Waals surface area contributed by atoms with Gasteiger partial charge in [-0.15, -0.1) is 5.10 Å². The molecule has 0 amide bonds. The van der Waals surface area contributed by atoms with Gasteiger partial charge in [0.25, 0.3) is 0 Å². The number of H-pyrrole nitrogens is 1. The normalized spacial score (nSPS) is 19.2. The van der Waals surface area contributed by atoms with E-state index in [-0.39, 0.29) is 0 Å². The van der Waals surface area contributed by atoms with Crippen LogP contribution in [0.2, 0.25) is 5.28 Å². The molecule has 0 aromatic carbocycles. The molecule has 0 atom stereocenters. The summed E-state index contributed by atoms with van der Waals surface area (Å²) in [5.41, 5.74) is 0. The lowest BCUT2D eigenvalue weighted by Gasteiger charge is -2.19. The Morgan fingerprint density at radius 2 is 2.08 bits per heavy atom. The molecule has 1 fully saturated rings. The van der Waals surface area contributed by atoms with Crippen molar-refractivity contribution in [2.24, 2.45) is 5.92 Å². The Kier molecular flexibility index (Phi) is 2.83. The van der Waals surface area contributed by atoms with E-state index in [1.54, 1.807) is 0 Å². The van der Waals surface area contributed by atoms with Crippen molar-refractivity contribution in [2.45, 2.75) is 38.5 Å². The molecule has 0 spiro atoms. The lowest BCUT2D eigenvalue weighted by molar-refractivity contribution is 0.352. The van der Waals surface area contributed by atoms with E-state index in [0.717, 1.165) is 18.2 Å². The van der Waals surface area contributed by atoms with Gasteiger partial charge in [0.15, 0.2) is 0 Å². The van der Waals surface area contributed by atoms with Crippen LogP contribution in [-0.4, -0.2) is 15.2 Å². The quantitative estimate of drug-likeness (QED) is 0.796. The van der Waals surface area contributed by atoms with E-state index in [1.165, 1.54) is 32.1 Å². The van der Waals surface area contributed by atoms with E-state index in [2.05, 4.69) is 15.2 Å². The molecule has 2 rings (SSSR count). The molecule has 1 aromatic rings. The minimum Gasteiger partial charge on any atom is -0.262 e. The van der Waals surface area contributed by atoms with Crippen LogP contribution >= 0.6 is 11.6 Å². The van der Waals surface area contributed by atoms with Gasteiger partial charge in [-0.1, -0.05) is 32.1 Å². The van der Waals surface area contributed by atoms with Crippen molar-refractivity contribution in [1.82, 2.24) is 15.2 Å². The van der Waals surface area contributed by atoms with E-state index in [1.807, 2.05) is 0 Å². The van der Waals surface area contributed by atoms with Gasteiger partial charge in [-0.25, -0.2) is 4.98 Å². The molecule has 4 heteroatoms. The van der Waals surface area contributed by atoms with E-state index in [9.17, 15) is 0 Å². The molecule has 1 aliphatic carbocycles. The fraction of sp³-hybridized carbons (Fsp3) is 0.778. The molecular formula is C9H14ClN3. The fourth-order valence-corrected chi connectivity index (χ4v) is 2.17. The topological polar surface area (TPSA) is 41.6 Å². The highest BCUT2D eigenvalue weighted by Gasteiger charge is 2.15. The average Bonchev–Trinajstić information content (AvgIpc) is 2.53. The number of halogens is 1. The van der Waals surface area contributed by atoms with E-state index in [4.69, 9.17) is 11.6 Å². The number of nitrogens with one attached hydrogen (secondary N) is 1. The van der Waals surface area contributed by atoms with Gasteiger partial charge in [0.1, 0.15) is 5.82 Å². The van der Waals surface area contributed by atoms with Crippen molar-refractivity contribution in [1.29, 1.82) is 0 Å². The molecule has 1 saturated carbocycles. The van der Waals surface area contributed by atoms with Gasteiger partial charge in [0.05, 0.1) is 0 Å². The zero-order valence-corrected chi connectivity index (χ0v) is 8.35. The number of hydrogen-bond acceptors (Lipinski definition) is 2. The third-order valence-electron chi connectivity index (χ3n) is 2.71. The van der Waals surface area contributed by atoms with Crippen molar-refractivity contribution in [2.75, 3.05) is 0 Å². The number of rotatable bonds is 2. The maximum atomic E-state index is 5.62. The predicted octanol–water partition coefficient (Wildman–Crippen LogP) is 2.58. The van der Waals surface area contributed by atoms with Crippen LogP contribution < -0.4 is 0 Å². The summed E-state index contributed by atoms with van der Waals surface area (Å²) >= 11 is 5.62. The van der Waals surface area contributed by atoms with Crippen LogP contribution in [0.25, 0.3) is 0 Å². The van der Waals surface area contributed by atoms with Gasteiger partial charge in [0, 0.05) is 6.42 Å². The molecule has 13 heavy (non-hydrogen) atoms. The summed E-state index contributed by atoms with van der Waals surface area (Å²) in [6.07, 6.45) is 7.81. The summed E-state index contributed by atoms with van der Waals surface area (Å²) in [5.74, 6) is 1.73. The van der Waals surface area contributed by atoms with E-state index in [0.29, 0.717) is 5.28 Å². The molecule has 1 heterocycles. The third kappa shape index (κ3) is 2.44. The Balaban J connectivity index is 1.89. The first-order chi connectivity index (χ1) is 6.34. The Bertz CT molecular complexity index is 266. The van der Waals surface area contributed by atoms with Gasteiger partial charge in [-0.05, 0) is 17.5 Å². The molecule has 1 aliphatic rings. The lowest BCUT2D eigenvalue weighted by atomic mass is 9.87. The molecule has 0 bridgehead atoms. The summed E-state index contributed by atoms with van der Waals surface area (Å²) < 4.78 is 0. The predicted molar refractivity (Wildman–Crippen MR) is 51.7 cm³/mol. The van der Waals surface area contributed by atoms with Crippen LogP contribution in [0.15, 0.2) is 0 Å². The molecule has 1 aromatic heterocycles. The number of aromatic amines is 1. The Hall–Kier alpha value is -0.570. The van der Waals surface area contributed by atoms with Crippen LogP contribution in [0.1, 0.15) is 37.9 Å². The monoisotopic (exact) mass is 199 g/mol. The minimum absolute atomic E-state index is 0.339. The van der Waals surface area contributed by atoms with Crippen LogP contribution in [0.4, 0.5) is 0 Å². The first-order valence-corrected chi connectivity index (χ1v) is 5.29. The summed E-state index contributed by atoms with van der Waals surface area (Å²) in [5, 5.41) is 7.01. The van der Waals surface area contributed by atoms with Crippen molar-refractivity contribution in [3.63, 3.8) is 0 Å². The minimum atomic E-state index is 0.339. The van der Waals surface area contributed by atoms with Crippen molar-refractivity contribution < 1.29 is 0 Å². The van der Waals surface area contributed by atoms with Gasteiger partial charge in [-0.2, -0.15) is 0 Å². The summed E-state index contributed by atoms with van der Waals surface area (Å²) in [7, 11) is 0. The summed E-state index contributed by atoms with van der Waals surface area (Å²) in [4.78, 5) is 4.10.